The van der Waals surface area contributed by atoms with Gasteiger partial charge in [0.05, 0.1) is 18.1 Å². The number of non-ortho nitro benzene ring substituents is 1. The topological polar surface area (TPSA) is 116 Å². The first-order valence-electron chi connectivity index (χ1n) is 5.33. The maximum absolute atomic E-state index is 12.2. The first-order valence-corrected chi connectivity index (χ1v) is 6.77. The van der Waals surface area contributed by atoms with Gasteiger partial charge in [-0.25, -0.2) is 8.42 Å². The highest BCUT2D eigenvalue weighted by Crippen LogP contribution is 2.29. The summed E-state index contributed by atoms with van der Waals surface area (Å²) in [4.78, 5) is 9.89. The number of benzene rings is 1. The van der Waals surface area contributed by atoms with Gasteiger partial charge in [-0.15, -0.1) is 0 Å². The van der Waals surface area contributed by atoms with Crippen molar-refractivity contribution in [3.05, 3.63) is 28.3 Å². The Morgan fingerprint density at radius 1 is 1.47 bits per heavy atom. The average molecular weight is 289 g/mol. The lowest BCUT2D eigenvalue weighted by Crippen LogP contribution is -2.32. The fourth-order valence-electron chi connectivity index (χ4n) is 1.45. The molecule has 0 radical (unpaired) electrons. The quantitative estimate of drug-likeness (QED) is 0.590. The van der Waals surface area contributed by atoms with Gasteiger partial charge in [0.15, 0.2) is 0 Å². The number of hydrogen-bond acceptors (Lipinski definition) is 6. The molecule has 2 N–H and O–H groups in total. The maximum atomic E-state index is 12.2. The van der Waals surface area contributed by atoms with Gasteiger partial charge < -0.3 is 10.5 Å². The Morgan fingerprint density at radius 2 is 2.11 bits per heavy atom. The van der Waals surface area contributed by atoms with Gasteiger partial charge >= 0.3 is 0 Å². The molecule has 0 atom stereocenters. The molecule has 9 heteroatoms. The van der Waals surface area contributed by atoms with Gasteiger partial charge in [0.25, 0.3) is 5.69 Å². The summed E-state index contributed by atoms with van der Waals surface area (Å²) in [7, 11) is -1.15. The van der Waals surface area contributed by atoms with Gasteiger partial charge in [-0.2, -0.15) is 4.31 Å². The van der Waals surface area contributed by atoms with Crippen molar-refractivity contribution in [3.8, 4) is 5.75 Å². The number of methoxy groups -OCH3 is 1. The van der Waals surface area contributed by atoms with Crippen molar-refractivity contribution in [1.29, 1.82) is 0 Å². The third kappa shape index (κ3) is 3.19. The molecule has 0 saturated heterocycles. The molecule has 0 unspecified atom stereocenters. The summed E-state index contributed by atoms with van der Waals surface area (Å²) in [6.45, 7) is 0.313. The summed E-state index contributed by atoms with van der Waals surface area (Å²) in [6.07, 6.45) is 0. The number of rotatable bonds is 6. The van der Waals surface area contributed by atoms with Crippen molar-refractivity contribution in [1.82, 2.24) is 4.31 Å². The highest BCUT2D eigenvalue weighted by molar-refractivity contribution is 7.89. The molecular formula is C10H15N3O5S. The number of ether oxygens (including phenoxy) is 1. The third-order valence-electron chi connectivity index (χ3n) is 2.49. The second-order valence-corrected chi connectivity index (χ2v) is 5.72. The van der Waals surface area contributed by atoms with Crippen LogP contribution in [0.3, 0.4) is 0 Å². The second kappa shape index (κ2) is 5.95. The Hall–Kier alpha value is -1.71. The van der Waals surface area contributed by atoms with E-state index in [0.717, 1.165) is 22.5 Å². The first kappa shape index (κ1) is 15.3. The second-order valence-electron chi connectivity index (χ2n) is 3.71. The van der Waals surface area contributed by atoms with E-state index in [2.05, 4.69) is 0 Å². The molecule has 1 rings (SSSR count). The summed E-state index contributed by atoms with van der Waals surface area (Å²) in [5, 5.41) is 10.6. The zero-order valence-corrected chi connectivity index (χ0v) is 11.4. The molecule has 1 aromatic rings. The van der Waals surface area contributed by atoms with Crippen LogP contribution >= 0.6 is 0 Å². The van der Waals surface area contributed by atoms with Crippen LogP contribution in [0.25, 0.3) is 0 Å². The molecule has 0 aliphatic carbocycles. The lowest BCUT2D eigenvalue weighted by atomic mass is 10.3. The summed E-state index contributed by atoms with van der Waals surface area (Å²) in [5.41, 5.74) is 5.07. The molecule has 1 aromatic carbocycles. The zero-order valence-electron chi connectivity index (χ0n) is 10.6. The molecule has 0 amide bonds. The van der Waals surface area contributed by atoms with Gasteiger partial charge in [0.1, 0.15) is 10.6 Å². The van der Waals surface area contributed by atoms with E-state index < -0.39 is 14.9 Å². The predicted octanol–water partition coefficient (Wildman–Crippen LogP) is 0.183. The van der Waals surface area contributed by atoms with Crippen molar-refractivity contribution >= 4 is 15.7 Å². The van der Waals surface area contributed by atoms with Gasteiger partial charge in [-0.3, -0.25) is 10.1 Å². The molecule has 0 aliphatic rings. The molecule has 0 spiro atoms. The van der Waals surface area contributed by atoms with Crippen LogP contribution in [0, 0.1) is 10.1 Å². The maximum Gasteiger partial charge on any atom is 0.273 e. The van der Waals surface area contributed by atoms with Crippen molar-refractivity contribution in [2.45, 2.75) is 4.90 Å². The van der Waals surface area contributed by atoms with Gasteiger partial charge in [0, 0.05) is 26.2 Å². The normalized spacial score (nSPS) is 11.6. The van der Waals surface area contributed by atoms with Crippen LogP contribution in [-0.2, 0) is 10.0 Å². The number of nitro benzene ring substituents is 1. The number of nitro groups is 1. The van der Waals surface area contributed by atoms with E-state index in [1.165, 1.54) is 14.2 Å². The van der Waals surface area contributed by atoms with Gasteiger partial charge in [-0.1, -0.05) is 0 Å². The fourth-order valence-corrected chi connectivity index (χ4v) is 2.77. The number of sulfonamides is 1. The van der Waals surface area contributed by atoms with Crippen molar-refractivity contribution in [3.63, 3.8) is 0 Å². The summed E-state index contributed by atoms with van der Waals surface area (Å²) in [6, 6.07) is 3.34. The number of nitrogens with two attached hydrogens (primary N) is 1. The molecule has 19 heavy (non-hydrogen) atoms. The average Bonchev–Trinajstić information content (AvgIpc) is 2.38. The van der Waals surface area contributed by atoms with E-state index in [0.29, 0.717) is 0 Å². The van der Waals surface area contributed by atoms with E-state index in [4.69, 9.17) is 10.5 Å². The molecule has 8 nitrogen and oxygen atoms in total. The Kier molecular flexibility index (Phi) is 4.81. The van der Waals surface area contributed by atoms with Crippen molar-refractivity contribution < 1.29 is 18.1 Å². The van der Waals surface area contributed by atoms with Gasteiger partial charge in [0.2, 0.25) is 10.0 Å². The first-order chi connectivity index (χ1) is 8.84. The molecular weight excluding hydrogens is 274 g/mol. The Morgan fingerprint density at radius 3 is 2.58 bits per heavy atom. The van der Waals surface area contributed by atoms with Crippen LogP contribution < -0.4 is 10.5 Å². The monoisotopic (exact) mass is 289 g/mol. The lowest BCUT2D eigenvalue weighted by Gasteiger charge is -2.17. The smallest absolute Gasteiger partial charge is 0.273 e. The largest absolute Gasteiger partial charge is 0.495 e. The molecule has 0 saturated carbocycles. The Bertz CT molecular complexity index is 573. The predicted molar refractivity (Wildman–Crippen MR) is 68.5 cm³/mol. The molecule has 0 bridgehead atoms. The molecule has 0 aliphatic heterocycles. The highest BCUT2D eigenvalue weighted by atomic mass is 32.2. The van der Waals surface area contributed by atoms with Crippen LogP contribution in [0.5, 0.6) is 5.75 Å². The Labute approximate surface area is 111 Å². The van der Waals surface area contributed by atoms with Crippen LogP contribution in [0.2, 0.25) is 0 Å². The number of hydrogen-bond donors (Lipinski definition) is 1. The van der Waals surface area contributed by atoms with E-state index in [9.17, 15) is 18.5 Å². The summed E-state index contributed by atoms with van der Waals surface area (Å²) < 4.78 is 30.4. The van der Waals surface area contributed by atoms with Crippen molar-refractivity contribution in [2.75, 3.05) is 27.2 Å². The van der Waals surface area contributed by atoms with E-state index in [1.807, 2.05) is 0 Å². The minimum Gasteiger partial charge on any atom is -0.495 e. The van der Waals surface area contributed by atoms with Crippen LogP contribution in [0.15, 0.2) is 23.1 Å². The van der Waals surface area contributed by atoms with Gasteiger partial charge in [-0.05, 0) is 6.07 Å². The molecule has 0 heterocycles. The Balaban J connectivity index is 3.31. The van der Waals surface area contributed by atoms with Crippen LogP contribution in [0.1, 0.15) is 0 Å². The standard InChI is InChI=1S/C10H15N3O5S/c1-12(6-5-11)19(16,17)10-4-3-8(13(14)15)7-9(10)18-2/h3-4,7H,5-6,11H2,1-2H3. The van der Waals surface area contributed by atoms with Crippen molar-refractivity contribution in [2.24, 2.45) is 5.73 Å². The third-order valence-corrected chi connectivity index (χ3v) is 4.39. The number of likely N-dealkylation sites (N-methyl/N-ethyl adjacent to an activating group) is 1. The molecule has 0 fully saturated rings. The fraction of sp³-hybridized carbons (Fsp3) is 0.400. The zero-order chi connectivity index (χ0) is 14.6. The van der Waals surface area contributed by atoms with E-state index in [-0.39, 0.29) is 29.4 Å². The molecule has 106 valence electrons. The highest BCUT2D eigenvalue weighted by Gasteiger charge is 2.25. The SMILES string of the molecule is COc1cc([N+](=O)[O-])ccc1S(=O)(=O)N(C)CCN. The summed E-state index contributed by atoms with van der Waals surface area (Å²) >= 11 is 0. The van der Waals surface area contributed by atoms with E-state index >= 15 is 0 Å². The van der Waals surface area contributed by atoms with Crippen LogP contribution in [-0.4, -0.2) is 44.9 Å². The van der Waals surface area contributed by atoms with E-state index in [1.54, 1.807) is 0 Å². The lowest BCUT2D eigenvalue weighted by molar-refractivity contribution is -0.385. The minimum absolute atomic E-state index is 0.0712. The van der Waals surface area contributed by atoms with Crippen LogP contribution in [0.4, 0.5) is 5.69 Å². The summed E-state index contributed by atoms with van der Waals surface area (Å²) in [5.74, 6) is -0.0712. The minimum atomic E-state index is -3.78. The molecule has 0 aromatic heterocycles. The number of nitrogens with zero attached hydrogens (tertiary/aromatic N) is 2.